The molecule has 0 aliphatic rings. The molecule has 0 bridgehead atoms. The molecule has 0 aliphatic heterocycles. The molecule has 100 valence electrons. The van der Waals surface area contributed by atoms with Gasteiger partial charge < -0.3 is 19.4 Å². The van der Waals surface area contributed by atoms with Crippen LogP contribution in [-0.4, -0.2) is 37.8 Å². The molecule has 5 nitrogen and oxygen atoms in total. The van der Waals surface area contributed by atoms with Crippen molar-refractivity contribution in [2.75, 3.05) is 20.8 Å². The van der Waals surface area contributed by atoms with Gasteiger partial charge in [0.15, 0.2) is 11.5 Å². The zero-order chi connectivity index (χ0) is 13.5. The molecule has 18 heavy (non-hydrogen) atoms. The zero-order valence-corrected chi connectivity index (χ0v) is 11.1. The summed E-state index contributed by atoms with van der Waals surface area (Å²) >= 11 is 0. The van der Waals surface area contributed by atoms with Crippen molar-refractivity contribution in [2.45, 2.75) is 20.0 Å². The highest BCUT2D eigenvalue weighted by Gasteiger charge is 2.09. The van der Waals surface area contributed by atoms with Gasteiger partial charge in [0.1, 0.15) is 6.61 Å². The largest absolute Gasteiger partial charge is 0.493 e. The molecule has 1 aromatic carbocycles. The molecule has 5 heteroatoms. The van der Waals surface area contributed by atoms with Crippen molar-refractivity contribution in [1.29, 1.82) is 0 Å². The number of ether oxygens (including phenoxy) is 3. The van der Waals surface area contributed by atoms with Crippen molar-refractivity contribution >= 4 is 5.71 Å². The molecule has 0 saturated carbocycles. The average molecular weight is 253 g/mol. The number of benzene rings is 1. The summed E-state index contributed by atoms with van der Waals surface area (Å²) in [5.41, 5.74) is 1.30. The number of nitrogens with zero attached hydrogens (tertiary/aromatic N) is 1. The fourth-order valence-corrected chi connectivity index (χ4v) is 1.34. The molecule has 1 atom stereocenters. The Hall–Kier alpha value is -1.75. The van der Waals surface area contributed by atoms with Crippen molar-refractivity contribution in [1.82, 2.24) is 0 Å². The molecule has 1 unspecified atom stereocenters. The van der Waals surface area contributed by atoms with E-state index in [9.17, 15) is 0 Å². The standard InChI is InChI=1S/C13H19NO4/c1-9(16-3)8-18-12-6-5-11(10(2)14-15)7-13(12)17-4/h5-7,9,15H,8H2,1-4H3/b14-10+. The molecule has 1 N–H and O–H groups in total. The quantitative estimate of drug-likeness (QED) is 0.480. The van der Waals surface area contributed by atoms with E-state index in [0.29, 0.717) is 23.8 Å². The lowest BCUT2D eigenvalue weighted by atomic mass is 10.1. The van der Waals surface area contributed by atoms with Gasteiger partial charge in [-0.15, -0.1) is 0 Å². The van der Waals surface area contributed by atoms with Gasteiger partial charge in [-0.25, -0.2) is 0 Å². The van der Waals surface area contributed by atoms with Crippen molar-refractivity contribution < 1.29 is 19.4 Å². The Bertz CT molecular complexity index is 417. The Morgan fingerprint density at radius 1 is 1.33 bits per heavy atom. The van der Waals surface area contributed by atoms with Crippen LogP contribution in [0.15, 0.2) is 23.4 Å². The molecule has 0 fully saturated rings. The summed E-state index contributed by atoms with van der Waals surface area (Å²) in [5.74, 6) is 1.23. The predicted molar refractivity (Wildman–Crippen MR) is 69.0 cm³/mol. The minimum Gasteiger partial charge on any atom is -0.493 e. The van der Waals surface area contributed by atoms with Crippen molar-refractivity contribution in [2.24, 2.45) is 5.16 Å². The second-order valence-corrected chi connectivity index (χ2v) is 3.91. The van der Waals surface area contributed by atoms with Crippen LogP contribution in [0.25, 0.3) is 0 Å². The Morgan fingerprint density at radius 2 is 2.06 bits per heavy atom. The second-order valence-electron chi connectivity index (χ2n) is 3.91. The lowest BCUT2D eigenvalue weighted by Crippen LogP contribution is -2.16. The highest BCUT2D eigenvalue weighted by molar-refractivity contribution is 5.98. The molecule has 0 amide bonds. The topological polar surface area (TPSA) is 60.3 Å². The third kappa shape index (κ3) is 3.63. The molecule has 1 aromatic rings. The van der Waals surface area contributed by atoms with Crippen LogP contribution in [0, 0.1) is 0 Å². The van der Waals surface area contributed by atoms with E-state index in [-0.39, 0.29) is 6.10 Å². The minimum absolute atomic E-state index is 0.00937. The number of hydrogen-bond acceptors (Lipinski definition) is 5. The third-order valence-corrected chi connectivity index (χ3v) is 2.61. The van der Waals surface area contributed by atoms with E-state index in [0.717, 1.165) is 5.56 Å². The monoisotopic (exact) mass is 253 g/mol. The van der Waals surface area contributed by atoms with Crippen LogP contribution >= 0.6 is 0 Å². The maximum absolute atomic E-state index is 8.73. The van der Waals surface area contributed by atoms with Crippen LogP contribution in [0.1, 0.15) is 19.4 Å². The summed E-state index contributed by atoms with van der Waals surface area (Å²) in [6, 6.07) is 5.36. The fourth-order valence-electron chi connectivity index (χ4n) is 1.34. The van der Waals surface area contributed by atoms with Gasteiger partial charge in [0.2, 0.25) is 0 Å². The van der Waals surface area contributed by atoms with Gasteiger partial charge in [-0.2, -0.15) is 0 Å². The average Bonchev–Trinajstić information content (AvgIpc) is 2.43. The molecular formula is C13H19NO4. The van der Waals surface area contributed by atoms with Gasteiger partial charge >= 0.3 is 0 Å². The normalized spacial score (nSPS) is 13.2. The molecule has 0 heterocycles. The summed E-state index contributed by atoms with van der Waals surface area (Å²) in [6.07, 6.45) is 0.00937. The van der Waals surface area contributed by atoms with Crippen LogP contribution in [0.3, 0.4) is 0 Å². The number of oxime groups is 1. The van der Waals surface area contributed by atoms with E-state index in [2.05, 4.69) is 5.16 Å². The highest BCUT2D eigenvalue weighted by Crippen LogP contribution is 2.28. The van der Waals surface area contributed by atoms with E-state index in [1.165, 1.54) is 0 Å². The number of methoxy groups -OCH3 is 2. The van der Waals surface area contributed by atoms with Crippen LogP contribution in [0.2, 0.25) is 0 Å². The summed E-state index contributed by atoms with van der Waals surface area (Å²) < 4.78 is 15.9. The minimum atomic E-state index is 0.00937. The van der Waals surface area contributed by atoms with Gasteiger partial charge in [0, 0.05) is 12.7 Å². The molecule has 0 aromatic heterocycles. The fraction of sp³-hybridized carbons (Fsp3) is 0.462. The lowest BCUT2D eigenvalue weighted by molar-refractivity contribution is 0.0706. The molecule has 0 spiro atoms. The summed E-state index contributed by atoms with van der Waals surface area (Å²) in [7, 11) is 3.20. The van der Waals surface area contributed by atoms with E-state index in [1.54, 1.807) is 33.3 Å². The summed E-state index contributed by atoms with van der Waals surface area (Å²) in [6.45, 7) is 4.07. The first-order valence-corrected chi connectivity index (χ1v) is 5.65. The highest BCUT2D eigenvalue weighted by atomic mass is 16.5. The maximum atomic E-state index is 8.73. The summed E-state index contributed by atoms with van der Waals surface area (Å²) in [5, 5.41) is 11.9. The van der Waals surface area contributed by atoms with Crippen LogP contribution < -0.4 is 9.47 Å². The number of rotatable bonds is 6. The SMILES string of the molecule is COc1cc(/C(C)=N/O)ccc1OCC(C)OC. The Kier molecular flexibility index (Phi) is 5.45. The molecular weight excluding hydrogens is 234 g/mol. The van der Waals surface area contributed by atoms with Crippen LogP contribution in [-0.2, 0) is 4.74 Å². The molecule has 0 saturated heterocycles. The predicted octanol–water partition coefficient (Wildman–Crippen LogP) is 2.31. The van der Waals surface area contributed by atoms with Gasteiger partial charge in [-0.1, -0.05) is 5.16 Å². The Morgan fingerprint density at radius 3 is 2.61 bits per heavy atom. The van der Waals surface area contributed by atoms with Crippen LogP contribution in [0.5, 0.6) is 11.5 Å². The van der Waals surface area contributed by atoms with E-state index in [4.69, 9.17) is 19.4 Å². The van der Waals surface area contributed by atoms with Crippen molar-refractivity contribution in [3.05, 3.63) is 23.8 Å². The summed E-state index contributed by atoms with van der Waals surface area (Å²) in [4.78, 5) is 0. The first-order chi connectivity index (χ1) is 8.62. The first-order valence-electron chi connectivity index (χ1n) is 5.65. The van der Waals surface area contributed by atoms with Crippen molar-refractivity contribution in [3.8, 4) is 11.5 Å². The molecule has 1 rings (SSSR count). The molecule has 0 radical (unpaired) electrons. The van der Waals surface area contributed by atoms with Crippen LogP contribution in [0.4, 0.5) is 0 Å². The first kappa shape index (κ1) is 14.3. The number of hydrogen-bond donors (Lipinski definition) is 1. The lowest BCUT2D eigenvalue weighted by Gasteiger charge is -2.14. The van der Waals surface area contributed by atoms with E-state index in [1.807, 2.05) is 13.0 Å². The second kappa shape index (κ2) is 6.86. The van der Waals surface area contributed by atoms with Gasteiger partial charge in [0.05, 0.1) is 18.9 Å². The maximum Gasteiger partial charge on any atom is 0.161 e. The third-order valence-electron chi connectivity index (χ3n) is 2.61. The molecule has 0 aliphatic carbocycles. The van der Waals surface area contributed by atoms with E-state index >= 15 is 0 Å². The van der Waals surface area contributed by atoms with Gasteiger partial charge in [0.25, 0.3) is 0 Å². The zero-order valence-electron chi connectivity index (χ0n) is 11.1. The van der Waals surface area contributed by atoms with E-state index < -0.39 is 0 Å². The smallest absolute Gasteiger partial charge is 0.161 e. The van der Waals surface area contributed by atoms with Gasteiger partial charge in [-0.05, 0) is 32.0 Å². The van der Waals surface area contributed by atoms with Gasteiger partial charge in [-0.3, -0.25) is 0 Å². The Labute approximate surface area is 107 Å². The Balaban J connectivity index is 2.87. The van der Waals surface area contributed by atoms with Crippen molar-refractivity contribution in [3.63, 3.8) is 0 Å².